The average molecular weight is 219 g/mol. The zero-order valence-corrected chi connectivity index (χ0v) is 9.48. The maximum atomic E-state index is 11.1. The van der Waals surface area contributed by atoms with Gasteiger partial charge in [0.2, 0.25) is 6.33 Å². The highest BCUT2D eigenvalue weighted by Gasteiger charge is 2.39. The summed E-state index contributed by atoms with van der Waals surface area (Å²) in [4.78, 5) is 18.2. The molecular weight excluding hydrogens is 203 g/mol. The van der Waals surface area contributed by atoms with Gasteiger partial charge in [-0.25, -0.2) is 9.13 Å². The van der Waals surface area contributed by atoms with Crippen LogP contribution in [0.25, 0.3) is 0 Å². The number of aromatic nitrogens is 2. The molecule has 0 saturated carbocycles. The molecule has 6 heteroatoms. The smallest absolute Gasteiger partial charge is 0.324 e. The molecule has 1 aromatic heterocycles. The van der Waals surface area contributed by atoms with Crippen molar-refractivity contribution < 1.29 is 18.9 Å². The van der Waals surface area contributed by atoms with E-state index in [-0.39, 0.29) is 0 Å². The molecule has 2 N–H and O–H groups in total. The lowest BCUT2D eigenvalue weighted by molar-refractivity contribution is -0.671. The Labute approximate surface area is 83.2 Å². The van der Waals surface area contributed by atoms with Gasteiger partial charge in [-0.05, 0) is 13.8 Å². The second-order valence-corrected chi connectivity index (χ2v) is 6.41. The van der Waals surface area contributed by atoms with Crippen LogP contribution in [0.5, 0.6) is 0 Å². The van der Waals surface area contributed by atoms with Gasteiger partial charge in [-0.2, -0.15) is 0 Å². The topological polar surface area (TPSA) is 66.3 Å². The summed E-state index contributed by atoms with van der Waals surface area (Å²) in [5.41, 5.74) is 0. The Kier molecular flexibility index (Phi) is 2.86. The maximum Gasteiger partial charge on any atom is 0.335 e. The van der Waals surface area contributed by atoms with E-state index in [4.69, 9.17) is 9.79 Å². The molecule has 0 unspecified atom stereocenters. The second kappa shape index (κ2) is 3.50. The molecule has 0 spiro atoms. The molecule has 0 aliphatic heterocycles. The third-order valence-electron chi connectivity index (χ3n) is 2.18. The summed E-state index contributed by atoms with van der Waals surface area (Å²) in [6.45, 7) is 3.43. The van der Waals surface area contributed by atoms with E-state index in [0.717, 1.165) is 0 Å². The Balaban J connectivity index is 2.83. The van der Waals surface area contributed by atoms with E-state index >= 15 is 0 Å². The zero-order valence-electron chi connectivity index (χ0n) is 8.58. The SMILES string of the molecule is C[n+]1ccn(CC(C)(C)P(=O)(O)O)c1. The van der Waals surface area contributed by atoms with Gasteiger partial charge in [0.1, 0.15) is 24.1 Å². The van der Waals surface area contributed by atoms with Crippen LogP contribution in [0.3, 0.4) is 0 Å². The Morgan fingerprint density at radius 1 is 1.50 bits per heavy atom. The minimum absolute atomic E-state index is 0.304. The van der Waals surface area contributed by atoms with Crippen LogP contribution in [-0.4, -0.2) is 19.5 Å². The molecule has 1 aromatic rings. The Morgan fingerprint density at radius 2 is 2.07 bits per heavy atom. The van der Waals surface area contributed by atoms with Crippen LogP contribution in [0, 0.1) is 0 Å². The van der Waals surface area contributed by atoms with Crippen LogP contribution in [-0.2, 0) is 18.2 Å². The quantitative estimate of drug-likeness (QED) is 0.566. The van der Waals surface area contributed by atoms with E-state index in [2.05, 4.69) is 0 Å². The minimum atomic E-state index is -4.05. The largest absolute Gasteiger partial charge is 0.335 e. The third-order valence-corrected chi connectivity index (χ3v) is 3.90. The zero-order chi connectivity index (χ0) is 11.0. The summed E-state index contributed by atoms with van der Waals surface area (Å²) in [5.74, 6) is 0. The molecule has 0 aliphatic carbocycles. The number of hydrogen-bond acceptors (Lipinski definition) is 1. The van der Waals surface area contributed by atoms with Gasteiger partial charge in [-0.3, -0.25) is 4.57 Å². The Bertz CT molecular complexity index is 366. The first-order valence-corrected chi connectivity index (χ1v) is 5.90. The van der Waals surface area contributed by atoms with Crippen molar-refractivity contribution >= 4 is 7.60 Å². The maximum absolute atomic E-state index is 11.1. The van der Waals surface area contributed by atoms with Gasteiger partial charge in [0, 0.05) is 0 Å². The summed E-state index contributed by atoms with van der Waals surface area (Å²) in [6, 6.07) is 0. The monoisotopic (exact) mass is 219 g/mol. The highest BCUT2D eigenvalue weighted by Crippen LogP contribution is 2.50. The van der Waals surface area contributed by atoms with E-state index in [9.17, 15) is 4.57 Å². The van der Waals surface area contributed by atoms with E-state index < -0.39 is 12.8 Å². The second-order valence-electron chi connectivity index (χ2n) is 4.11. The highest BCUT2D eigenvalue weighted by molar-refractivity contribution is 7.53. The molecule has 80 valence electrons. The van der Waals surface area contributed by atoms with Crippen LogP contribution < -0.4 is 4.57 Å². The summed E-state index contributed by atoms with van der Waals surface area (Å²) >= 11 is 0. The van der Waals surface area contributed by atoms with E-state index in [1.165, 1.54) is 0 Å². The molecule has 1 heterocycles. The third kappa shape index (κ3) is 2.44. The number of nitrogens with zero attached hydrogens (tertiary/aromatic N) is 2. The normalized spacial score (nSPS) is 13.2. The van der Waals surface area contributed by atoms with Crippen molar-refractivity contribution in [1.82, 2.24) is 4.57 Å². The van der Waals surface area contributed by atoms with Gasteiger partial charge in [-0.1, -0.05) is 0 Å². The van der Waals surface area contributed by atoms with Crippen molar-refractivity contribution in [3.8, 4) is 0 Å². The van der Waals surface area contributed by atoms with Crippen molar-refractivity contribution in [2.75, 3.05) is 0 Å². The minimum Gasteiger partial charge on any atom is -0.324 e. The highest BCUT2D eigenvalue weighted by atomic mass is 31.2. The molecule has 0 bridgehead atoms. The molecule has 0 aliphatic rings. The first-order valence-electron chi connectivity index (χ1n) is 4.29. The van der Waals surface area contributed by atoms with Gasteiger partial charge in [0.15, 0.2) is 0 Å². The van der Waals surface area contributed by atoms with Crippen LogP contribution in [0.1, 0.15) is 13.8 Å². The first kappa shape index (κ1) is 11.4. The molecule has 0 amide bonds. The molecule has 14 heavy (non-hydrogen) atoms. The van der Waals surface area contributed by atoms with E-state index in [1.54, 1.807) is 30.9 Å². The van der Waals surface area contributed by atoms with Gasteiger partial charge in [0.25, 0.3) is 0 Å². The standard InChI is InChI=1S/C8H15N2O3P/c1-8(2,14(11,12)13)6-10-5-4-9(3)7-10/h4-5,7H,6H2,1-3H3,(H-,11,12,13)/p+1. The van der Waals surface area contributed by atoms with Crippen molar-refractivity contribution in [2.24, 2.45) is 7.05 Å². The van der Waals surface area contributed by atoms with Crippen molar-refractivity contribution in [2.45, 2.75) is 25.5 Å². The Hall–Kier alpha value is -0.640. The molecule has 1 rings (SSSR count). The van der Waals surface area contributed by atoms with Crippen LogP contribution >= 0.6 is 7.60 Å². The van der Waals surface area contributed by atoms with Gasteiger partial charge in [0.05, 0.1) is 7.05 Å². The lowest BCUT2D eigenvalue weighted by Gasteiger charge is -2.23. The number of rotatable bonds is 3. The van der Waals surface area contributed by atoms with E-state index in [0.29, 0.717) is 6.54 Å². The molecule has 0 radical (unpaired) electrons. The summed E-state index contributed by atoms with van der Waals surface area (Å²) < 4.78 is 14.7. The molecular formula is C8H16N2O3P+. The number of aryl methyl sites for hydroxylation is 1. The number of imidazole rings is 1. The first-order chi connectivity index (χ1) is 6.22. The summed E-state index contributed by atoms with van der Waals surface area (Å²) in [6.07, 6.45) is 5.41. The van der Waals surface area contributed by atoms with Crippen molar-refractivity contribution in [3.63, 3.8) is 0 Å². The Morgan fingerprint density at radius 3 is 2.43 bits per heavy atom. The van der Waals surface area contributed by atoms with E-state index in [1.807, 2.05) is 17.8 Å². The van der Waals surface area contributed by atoms with Crippen LogP contribution in [0.2, 0.25) is 0 Å². The summed E-state index contributed by atoms with van der Waals surface area (Å²) in [7, 11) is -2.19. The predicted octanol–water partition coefficient (Wildman–Crippen LogP) is 0.269. The molecule has 0 saturated heterocycles. The van der Waals surface area contributed by atoms with Gasteiger partial charge < -0.3 is 9.79 Å². The lowest BCUT2D eigenvalue weighted by atomic mass is 10.2. The summed E-state index contributed by atoms with van der Waals surface area (Å²) in [5, 5.41) is -1.03. The fraction of sp³-hybridized carbons (Fsp3) is 0.625. The lowest BCUT2D eigenvalue weighted by Crippen LogP contribution is -2.28. The molecule has 5 nitrogen and oxygen atoms in total. The molecule has 0 atom stereocenters. The van der Waals surface area contributed by atoms with Gasteiger partial charge >= 0.3 is 7.60 Å². The van der Waals surface area contributed by atoms with Crippen molar-refractivity contribution in [1.29, 1.82) is 0 Å². The average Bonchev–Trinajstić information content (AvgIpc) is 2.31. The fourth-order valence-corrected chi connectivity index (χ4v) is 1.48. The van der Waals surface area contributed by atoms with Crippen LogP contribution in [0.15, 0.2) is 18.7 Å². The number of hydrogen-bond donors (Lipinski definition) is 2. The fourth-order valence-electron chi connectivity index (χ4n) is 1.13. The molecule has 0 fully saturated rings. The van der Waals surface area contributed by atoms with Crippen molar-refractivity contribution in [3.05, 3.63) is 18.7 Å². The van der Waals surface area contributed by atoms with Crippen LogP contribution in [0.4, 0.5) is 0 Å². The predicted molar refractivity (Wildman–Crippen MR) is 51.7 cm³/mol. The van der Waals surface area contributed by atoms with Gasteiger partial charge in [-0.15, -0.1) is 0 Å². The molecule has 0 aromatic carbocycles.